The fourth-order valence-electron chi connectivity index (χ4n) is 2.31. The highest BCUT2D eigenvalue weighted by Gasteiger charge is 2.16. The van der Waals surface area contributed by atoms with Gasteiger partial charge in [0.05, 0.1) is 16.6 Å². The first-order valence-corrected chi connectivity index (χ1v) is 8.17. The molecule has 128 valence electrons. The monoisotopic (exact) mass is 335 g/mol. The maximum Gasteiger partial charge on any atom is 0.221 e. The van der Waals surface area contributed by atoms with Crippen LogP contribution in [0.5, 0.6) is 5.75 Å². The van der Waals surface area contributed by atoms with Gasteiger partial charge < -0.3 is 10.1 Å². The van der Waals surface area contributed by atoms with Crippen molar-refractivity contribution in [1.29, 1.82) is 5.26 Å². The lowest BCUT2D eigenvalue weighted by atomic mass is 10.1. The molecule has 5 nitrogen and oxygen atoms in total. The van der Waals surface area contributed by atoms with Crippen LogP contribution in [0.4, 0.5) is 0 Å². The minimum atomic E-state index is -0.593. The maximum atomic E-state index is 11.7. The third kappa shape index (κ3) is 5.51. The second-order valence-electron chi connectivity index (χ2n) is 6.20. The third-order valence-electron chi connectivity index (χ3n) is 3.42. The summed E-state index contributed by atoms with van der Waals surface area (Å²) in [6, 6.07) is 9.33. The smallest absolute Gasteiger partial charge is 0.221 e. The predicted molar refractivity (Wildman–Crippen MR) is 96.9 cm³/mol. The zero-order chi connectivity index (χ0) is 18.3. The van der Waals surface area contributed by atoms with Gasteiger partial charge in [-0.2, -0.15) is 5.26 Å². The molecule has 2 aromatic rings. The van der Waals surface area contributed by atoms with Crippen LogP contribution >= 0.6 is 0 Å². The Morgan fingerprint density at radius 2 is 2.16 bits per heavy atom. The zero-order valence-electron chi connectivity index (χ0n) is 14.7. The Balaban J connectivity index is 1.99. The summed E-state index contributed by atoms with van der Waals surface area (Å²) in [6.45, 7) is 5.89. The number of carbonyl (C=O) groups excluding carboxylic acids is 1. The fraction of sp³-hybridized carbons (Fsp3) is 0.350. The second-order valence-corrected chi connectivity index (χ2v) is 6.20. The lowest BCUT2D eigenvalue weighted by molar-refractivity contribution is -0.122. The van der Waals surface area contributed by atoms with Crippen molar-refractivity contribution in [1.82, 2.24) is 10.3 Å². The van der Waals surface area contributed by atoms with Gasteiger partial charge in [0.2, 0.25) is 5.91 Å². The van der Waals surface area contributed by atoms with Gasteiger partial charge in [-0.05, 0) is 44.5 Å². The molecule has 0 radical (unpaired) electrons. The molecule has 0 spiro atoms. The summed E-state index contributed by atoms with van der Waals surface area (Å²) >= 11 is 0. The van der Waals surface area contributed by atoms with E-state index < -0.39 is 5.54 Å². The van der Waals surface area contributed by atoms with Crippen LogP contribution in [0.1, 0.15) is 39.2 Å². The number of fused-ring (bicyclic) bond motifs is 1. The van der Waals surface area contributed by atoms with Crippen LogP contribution in [-0.2, 0) is 4.79 Å². The van der Waals surface area contributed by atoms with E-state index in [-0.39, 0.29) is 12.5 Å². The van der Waals surface area contributed by atoms with Crippen molar-refractivity contribution in [3.63, 3.8) is 0 Å². The Kier molecular flexibility index (Phi) is 5.98. The normalized spacial score (nSPS) is 10.5. The van der Waals surface area contributed by atoms with Gasteiger partial charge in [0.25, 0.3) is 0 Å². The second kappa shape index (κ2) is 8.17. The quantitative estimate of drug-likeness (QED) is 0.852. The van der Waals surface area contributed by atoms with Crippen molar-refractivity contribution in [2.45, 2.75) is 39.2 Å². The summed E-state index contributed by atoms with van der Waals surface area (Å²) in [5.74, 6) is 6.61. The van der Waals surface area contributed by atoms with E-state index in [1.165, 1.54) is 0 Å². The molecule has 1 aromatic heterocycles. The number of nitrogens with one attached hydrogen (secondary N) is 1. The molecular weight excluding hydrogens is 314 g/mol. The van der Waals surface area contributed by atoms with Gasteiger partial charge in [-0.3, -0.25) is 9.78 Å². The topological polar surface area (TPSA) is 75.0 Å². The third-order valence-corrected chi connectivity index (χ3v) is 3.42. The minimum Gasteiger partial charge on any atom is -0.481 e. The van der Waals surface area contributed by atoms with E-state index in [2.05, 4.69) is 28.2 Å². The molecule has 0 saturated heterocycles. The number of hydrogen-bond donors (Lipinski definition) is 1. The highest BCUT2D eigenvalue weighted by Crippen LogP contribution is 2.20. The molecule has 0 fully saturated rings. The molecule has 0 aliphatic heterocycles. The number of hydrogen-bond acceptors (Lipinski definition) is 4. The van der Waals surface area contributed by atoms with Gasteiger partial charge in [0.1, 0.15) is 18.4 Å². The van der Waals surface area contributed by atoms with Crippen LogP contribution in [0.15, 0.2) is 30.5 Å². The Hall–Kier alpha value is -3.05. The predicted octanol–water partition coefficient (Wildman–Crippen LogP) is 3.18. The van der Waals surface area contributed by atoms with Crippen molar-refractivity contribution in [3.8, 4) is 23.7 Å². The van der Waals surface area contributed by atoms with Gasteiger partial charge in [-0.15, -0.1) is 0 Å². The first kappa shape index (κ1) is 18.3. The highest BCUT2D eigenvalue weighted by molar-refractivity contribution is 5.81. The molecule has 5 heteroatoms. The molecular formula is C20H21N3O2. The van der Waals surface area contributed by atoms with Crippen molar-refractivity contribution in [3.05, 3.63) is 36.0 Å². The van der Waals surface area contributed by atoms with Gasteiger partial charge in [0, 0.05) is 18.0 Å². The van der Waals surface area contributed by atoms with Crippen LogP contribution in [-0.4, -0.2) is 23.0 Å². The molecule has 1 N–H and O–H groups in total. The molecule has 1 aromatic carbocycles. The van der Waals surface area contributed by atoms with Crippen molar-refractivity contribution in [2.75, 3.05) is 6.61 Å². The van der Waals surface area contributed by atoms with Crippen LogP contribution in [0.2, 0.25) is 0 Å². The highest BCUT2D eigenvalue weighted by atomic mass is 16.5. The molecule has 0 aliphatic rings. The van der Waals surface area contributed by atoms with Crippen LogP contribution in [0.3, 0.4) is 0 Å². The first-order valence-electron chi connectivity index (χ1n) is 8.17. The molecule has 0 saturated carbocycles. The number of aromatic nitrogens is 1. The van der Waals surface area contributed by atoms with Crippen molar-refractivity contribution < 1.29 is 9.53 Å². The van der Waals surface area contributed by atoms with E-state index in [0.717, 1.165) is 17.3 Å². The van der Waals surface area contributed by atoms with E-state index in [1.807, 2.05) is 39.0 Å². The zero-order valence-corrected chi connectivity index (χ0v) is 14.7. The van der Waals surface area contributed by atoms with Gasteiger partial charge in [-0.1, -0.05) is 18.8 Å². The molecule has 0 atom stereocenters. The van der Waals surface area contributed by atoms with E-state index in [4.69, 9.17) is 10.00 Å². The number of carbonyl (C=O) groups is 1. The summed E-state index contributed by atoms with van der Waals surface area (Å²) < 4.78 is 5.64. The molecule has 1 amide bonds. The van der Waals surface area contributed by atoms with Gasteiger partial charge in [-0.25, -0.2) is 0 Å². The Morgan fingerprint density at radius 3 is 2.88 bits per heavy atom. The fourth-order valence-corrected chi connectivity index (χ4v) is 2.31. The Labute approximate surface area is 148 Å². The Bertz CT molecular complexity index is 870. The lowest BCUT2D eigenvalue weighted by Gasteiger charge is -2.19. The number of nitrogens with zero attached hydrogens (tertiary/aromatic N) is 2. The lowest BCUT2D eigenvalue weighted by Crippen LogP contribution is -2.42. The summed E-state index contributed by atoms with van der Waals surface area (Å²) in [5, 5.41) is 12.7. The van der Waals surface area contributed by atoms with Gasteiger partial charge >= 0.3 is 0 Å². The van der Waals surface area contributed by atoms with E-state index in [1.54, 1.807) is 12.3 Å². The van der Waals surface area contributed by atoms with E-state index in [9.17, 15) is 4.79 Å². The molecule has 2 rings (SSSR count). The molecule has 25 heavy (non-hydrogen) atoms. The summed E-state index contributed by atoms with van der Waals surface area (Å²) in [7, 11) is 0. The molecule has 1 heterocycles. The number of pyridine rings is 1. The number of ether oxygens (including phenoxy) is 1. The standard InChI is InChI=1S/C20H21N3O2/c1-4-6-19(24)23-20(2,3)9-5-10-25-17-7-8-18-16(12-17)11-15(13-21)14-22-18/h7-8,11-12,14H,4,6,10H2,1-3H3,(H,23,24). The summed E-state index contributed by atoms with van der Waals surface area (Å²) in [5.41, 5.74) is 0.719. The number of rotatable bonds is 5. The SMILES string of the molecule is CCCC(=O)NC(C)(C)C#CCOc1ccc2ncc(C#N)cc2c1. The maximum absolute atomic E-state index is 11.7. The van der Waals surface area contributed by atoms with Gasteiger partial charge in [0.15, 0.2) is 0 Å². The van der Waals surface area contributed by atoms with Crippen LogP contribution in [0, 0.1) is 23.2 Å². The van der Waals surface area contributed by atoms with Crippen LogP contribution in [0.25, 0.3) is 10.9 Å². The average molecular weight is 335 g/mol. The number of benzene rings is 1. The minimum absolute atomic E-state index is 0.00181. The van der Waals surface area contributed by atoms with E-state index in [0.29, 0.717) is 17.7 Å². The number of nitriles is 1. The molecule has 0 aliphatic carbocycles. The Morgan fingerprint density at radius 1 is 1.36 bits per heavy atom. The molecule has 0 unspecified atom stereocenters. The van der Waals surface area contributed by atoms with Crippen molar-refractivity contribution >= 4 is 16.8 Å². The van der Waals surface area contributed by atoms with Crippen molar-refractivity contribution in [2.24, 2.45) is 0 Å². The first-order chi connectivity index (χ1) is 11.9. The summed E-state index contributed by atoms with van der Waals surface area (Å²) in [4.78, 5) is 15.9. The molecule has 0 bridgehead atoms. The largest absolute Gasteiger partial charge is 0.481 e. The summed E-state index contributed by atoms with van der Waals surface area (Å²) in [6.07, 6.45) is 2.85. The van der Waals surface area contributed by atoms with Crippen LogP contribution < -0.4 is 10.1 Å². The average Bonchev–Trinajstić information content (AvgIpc) is 2.57. The number of amides is 1. The van der Waals surface area contributed by atoms with E-state index >= 15 is 0 Å².